The third-order valence-electron chi connectivity index (χ3n) is 4.85. The van der Waals surface area contributed by atoms with Crippen LogP contribution >= 0.6 is 0 Å². The molecular weight excluding hydrogens is 442 g/mol. The van der Waals surface area contributed by atoms with Gasteiger partial charge in [-0.25, -0.2) is 0 Å². The van der Waals surface area contributed by atoms with E-state index in [1.807, 2.05) is 0 Å². The number of hydrogen-bond donors (Lipinski definition) is 2. The monoisotopic (exact) mass is 475 g/mol. The van der Waals surface area contributed by atoms with Crippen molar-refractivity contribution in [3.8, 4) is 0 Å². The second kappa shape index (κ2) is 14.6. The minimum Gasteiger partial charge on any atom is -0.412 e. The van der Waals surface area contributed by atoms with E-state index in [9.17, 15) is 0 Å². The summed E-state index contributed by atoms with van der Waals surface area (Å²) in [5, 5.41) is 0. The highest BCUT2D eigenvalue weighted by Crippen LogP contribution is 2.38. The first-order chi connectivity index (χ1) is 12.8. The van der Waals surface area contributed by atoms with Crippen molar-refractivity contribution in [3.05, 3.63) is 76.4 Å². The van der Waals surface area contributed by atoms with Gasteiger partial charge in [0, 0.05) is 13.1 Å². The van der Waals surface area contributed by atoms with Crippen LogP contribution in [0.2, 0.25) is 0 Å². The number of likely N-dealkylation sites (tertiary alicyclic amines) is 1. The maximum Gasteiger partial charge on any atom is 0.394 e. The molecule has 1 saturated heterocycles. The van der Waals surface area contributed by atoms with Crippen LogP contribution in [0, 0.1) is 0 Å². The fraction of sp³-hybridized carbons (Fsp3) is 0.238. The standard InChI is InChI=1S/C21H21N.H2O4S.5H2O/c1-22-14-12-18(13-15-22)21-19-8-4-2-6-16(19)10-11-17-7-3-5-9-20(17)21;1-5(2,3)4;;;;;/h2-11H,12-15H2,1H3;(H2,1,2,3,4);5*1H2. The van der Waals surface area contributed by atoms with E-state index in [0.29, 0.717) is 0 Å². The quantitative estimate of drug-likeness (QED) is 0.423. The molecule has 1 aliphatic carbocycles. The van der Waals surface area contributed by atoms with Crippen molar-refractivity contribution in [1.82, 2.24) is 4.90 Å². The topological polar surface area (TPSA) is 235 Å². The molecular formula is C21H33NO9S. The molecule has 2 aromatic rings. The highest BCUT2D eigenvalue weighted by Gasteiger charge is 2.21. The van der Waals surface area contributed by atoms with Gasteiger partial charge in [-0.05, 0) is 47.7 Å². The molecule has 182 valence electrons. The molecule has 10 nitrogen and oxygen atoms in total. The van der Waals surface area contributed by atoms with E-state index in [2.05, 4.69) is 72.6 Å². The summed E-state index contributed by atoms with van der Waals surface area (Å²) in [6.45, 7) is 2.33. The van der Waals surface area contributed by atoms with E-state index in [1.165, 1.54) is 40.7 Å². The summed E-state index contributed by atoms with van der Waals surface area (Å²) in [4.78, 5) is 2.43. The van der Waals surface area contributed by atoms with Gasteiger partial charge in [-0.1, -0.05) is 66.3 Å². The van der Waals surface area contributed by atoms with E-state index in [0.717, 1.165) is 13.1 Å². The van der Waals surface area contributed by atoms with Crippen molar-refractivity contribution in [2.75, 3.05) is 20.1 Å². The number of hydrogen-bond acceptors (Lipinski definition) is 3. The fourth-order valence-corrected chi connectivity index (χ4v) is 3.58. The van der Waals surface area contributed by atoms with Crippen molar-refractivity contribution in [3.63, 3.8) is 0 Å². The summed E-state index contributed by atoms with van der Waals surface area (Å²) in [6, 6.07) is 17.6. The van der Waals surface area contributed by atoms with Gasteiger partial charge in [0.15, 0.2) is 0 Å². The molecule has 0 saturated carbocycles. The summed E-state index contributed by atoms with van der Waals surface area (Å²) in [7, 11) is -2.45. The smallest absolute Gasteiger partial charge is 0.394 e. The van der Waals surface area contributed by atoms with Crippen LogP contribution in [-0.2, 0) is 10.4 Å². The summed E-state index contributed by atoms with van der Waals surface area (Å²) in [5.41, 5.74) is 8.54. The zero-order valence-electron chi connectivity index (χ0n) is 17.7. The Morgan fingerprint density at radius 3 is 1.44 bits per heavy atom. The Labute approximate surface area is 187 Å². The Morgan fingerprint density at radius 1 is 0.719 bits per heavy atom. The van der Waals surface area contributed by atoms with Crippen molar-refractivity contribution >= 4 is 28.1 Å². The number of piperidine rings is 1. The van der Waals surface area contributed by atoms with Crippen LogP contribution in [0.15, 0.2) is 54.1 Å². The summed E-state index contributed by atoms with van der Waals surface area (Å²) in [5.74, 6) is 0. The zero-order chi connectivity index (χ0) is 19.4. The molecule has 0 aromatic heterocycles. The highest BCUT2D eigenvalue weighted by atomic mass is 32.3. The molecule has 12 N–H and O–H groups in total. The Bertz CT molecular complexity index is 934. The molecule has 0 bridgehead atoms. The van der Waals surface area contributed by atoms with Crippen molar-refractivity contribution in [1.29, 1.82) is 0 Å². The molecule has 0 atom stereocenters. The third-order valence-corrected chi connectivity index (χ3v) is 4.85. The largest absolute Gasteiger partial charge is 0.412 e. The lowest BCUT2D eigenvalue weighted by Gasteiger charge is -2.27. The van der Waals surface area contributed by atoms with Gasteiger partial charge in [-0.2, -0.15) is 8.42 Å². The van der Waals surface area contributed by atoms with Crippen LogP contribution in [0.3, 0.4) is 0 Å². The van der Waals surface area contributed by atoms with Gasteiger partial charge < -0.3 is 32.3 Å². The lowest BCUT2D eigenvalue weighted by atomic mass is 9.86. The van der Waals surface area contributed by atoms with Gasteiger partial charge in [-0.15, -0.1) is 0 Å². The summed E-state index contributed by atoms with van der Waals surface area (Å²) < 4.78 is 31.6. The normalized spacial score (nSPS) is 14.1. The lowest BCUT2D eigenvalue weighted by Crippen LogP contribution is -2.27. The maximum absolute atomic E-state index is 8.74. The van der Waals surface area contributed by atoms with Crippen LogP contribution in [-0.4, -0.2) is 69.9 Å². The highest BCUT2D eigenvalue weighted by molar-refractivity contribution is 7.79. The van der Waals surface area contributed by atoms with Crippen molar-refractivity contribution in [2.24, 2.45) is 0 Å². The van der Waals surface area contributed by atoms with Crippen LogP contribution < -0.4 is 0 Å². The van der Waals surface area contributed by atoms with E-state index in [1.54, 1.807) is 5.57 Å². The minimum atomic E-state index is -4.67. The SMILES string of the molecule is CN1CCC(=C2c3ccccc3C=Cc3ccccc32)CC1.O.O.O.O.O.O=S(=O)(O)O. The molecule has 1 heterocycles. The second-order valence-electron chi connectivity index (χ2n) is 6.74. The van der Waals surface area contributed by atoms with Gasteiger partial charge >= 0.3 is 10.4 Å². The molecule has 0 radical (unpaired) electrons. The Kier molecular flexibility index (Phi) is 15.6. The van der Waals surface area contributed by atoms with Gasteiger partial charge in [0.25, 0.3) is 0 Å². The third kappa shape index (κ3) is 8.96. The molecule has 2 aliphatic rings. The predicted octanol–water partition coefficient (Wildman–Crippen LogP) is -0.0784. The summed E-state index contributed by atoms with van der Waals surface area (Å²) in [6.07, 6.45) is 6.87. The van der Waals surface area contributed by atoms with Gasteiger partial charge in [0.1, 0.15) is 0 Å². The van der Waals surface area contributed by atoms with Crippen molar-refractivity contribution < 1.29 is 44.9 Å². The molecule has 11 heteroatoms. The van der Waals surface area contributed by atoms with Gasteiger partial charge in [-0.3, -0.25) is 9.11 Å². The Morgan fingerprint density at radius 2 is 1.06 bits per heavy atom. The molecule has 0 spiro atoms. The van der Waals surface area contributed by atoms with Crippen LogP contribution in [0.4, 0.5) is 0 Å². The molecule has 0 amide bonds. The molecule has 1 aliphatic heterocycles. The number of fused-ring (bicyclic) bond motifs is 2. The minimum absolute atomic E-state index is 0. The first-order valence-electron chi connectivity index (χ1n) is 8.80. The van der Waals surface area contributed by atoms with Crippen LogP contribution in [0.25, 0.3) is 17.7 Å². The molecule has 0 unspecified atom stereocenters. The average molecular weight is 476 g/mol. The Balaban J connectivity index is -0.000000768. The fourth-order valence-electron chi connectivity index (χ4n) is 3.58. The van der Waals surface area contributed by atoms with E-state index in [4.69, 9.17) is 17.5 Å². The molecule has 32 heavy (non-hydrogen) atoms. The molecule has 2 aromatic carbocycles. The first-order valence-corrected chi connectivity index (χ1v) is 10.2. The van der Waals surface area contributed by atoms with E-state index >= 15 is 0 Å². The predicted molar refractivity (Wildman–Crippen MR) is 127 cm³/mol. The first kappa shape index (κ1) is 34.2. The van der Waals surface area contributed by atoms with Gasteiger partial charge in [0.05, 0.1) is 0 Å². The molecule has 1 fully saturated rings. The number of nitrogens with zero attached hydrogens (tertiary/aromatic N) is 1. The van der Waals surface area contributed by atoms with E-state index in [-0.39, 0.29) is 27.4 Å². The zero-order valence-corrected chi connectivity index (χ0v) is 18.5. The molecule has 4 rings (SSSR count). The number of rotatable bonds is 0. The second-order valence-corrected chi connectivity index (χ2v) is 7.63. The van der Waals surface area contributed by atoms with Crippen LogP contribution in [0.1, 0.15) is 35.1 Å². The average Bonchev–Trinajstić information content (AvgIpc) is 2.78. The van der Waals surface area contributed by atoms with E-state index < -0.39 is 10.4 Å². The Hall–Kier alpha value is -2.45. The van der Waals surface area contributed by atoms with Crippen LogP contribution in [0.5, 0.6) is 0 Å². The lowest BCUT2D eigenvalue weighted by molar-refractivity contribution is 0.313. The summed E-state index contributed by atoms with van der Waals surface area (Å²) >= 11 is 0. The maximum atomic E-state index is 8.74. The number of benzene rings is 2. The van der Waals surface area contributed by atoms with Gasteiger partial charge in [0.2, 0.25) is 0 Å². The van der Waals surface area contributed by atoms with Crippen molar-refractivity contribution in [2.45, 2.75) is 12.8 Å².